The molecule has 24 heavy (non-hydrogen) atoms. The molecule has 1 fully saturated rings. The van der Waals surface area contributed by atoms with Gasteiger partial charge in [0.25, 0.3) is 11.6 Å². The van der Waals surface area contributed by atoms with Gasteiger partial charge in [0.05, 0.1) is 4.92 Å². The van der Waals surface area contributed by atoms with Crippen LogP contribution in [0.25, 0.3) is 0 Å². The first-order chi connectivity index (χ1) is 11.5. The summed E-state index contributed by atoms with van der Waals surface area (Å²) in [6, 6.07) is 5.97. The number of nitro groups is 1. The number of rotatable bonds is 4. The van der Waals surface area contributed by atoms with Crippen molar-refractivity contribution in [2.45, 2.75) is 19.8 Å². The van der Waals surface area contributed by atoms with Crippen LogP contribution in [0.4, 0.5) is 17.2 Å². The highest BCUT2D eigenvalue weighted by Crippen LogP contribution is 2.22. The van der Waals surface area contributed by atoms with Crippen molar-refractivity contribution >= 4 is 23.1 Å². The van der Waals surface area contributed by atoms with Gasteiger partial charge in [-0.25, -0.2) is 9.97 Å². The van der Waals surface area contributed by atoms with Crippen LogP contribution >= 0.6 is 0 Å². The first kappa shape index (κ1) is 15.9. The number of carbonyl (C=O) groups excluding carboxylic acids is 1. The number of hydrogen-bond donors (Lipinski definition) is 1. The van der Waals surface area contributed by atoms with Crippen molar-refractivity contribution in [3.63, 3.8) is 0 Å². The minimum Gasteiger partial charge on any atom is -0.357 e. The summed E-state index contributed by atoms with van der Waals surface area (Å²) < 4.78 is 0. The second-order valence-corrected chi connectivity index (χ2v) is 5.67. The average Bonchev–Trinajstić information content (AvgIpc) is 3.11. The maximum absolute atomic E-state index is 12.4. The molecule has 1 aromatic carbocycles. The quantitative estimate of drug-likeness (QED) is 0.684. The number of anilines is 2. The van der Waals surface area contributed by atoms with Gasteiger partial charge in [-0.1, -0.05) is 0 Å². The van der Waals surface area contributed by atoms with Crippen LogP contribution in [0.15, 0.2) is 30.6 Å². The standard InChI is InChI=1S/C16H17N5O3/c1-11-8-12(21(23)24)4-5-13(11)19-16(22)14-9-15(18-10-17-14)20-6-2-3-7-20/h4-5,8-10H,2-3,6-7H2,1H3,(H,19,22). The SMILES string of the molecule is Cc1cc([N+](=O)[O-])ccc1NC(=O)c1cc(N2CCCC2)ncn1. The van der Waals surface area contributed by atoms with E-state index in [1.54, 1.807) is 13.0 Å². The number of nitro benzene ring substituents is 1. The number of benzene rings is 1. The van der Waals surface area contributed by atoms with Crippen LogP contribution in [0.3, 0.4) is 0 Å². The largest absolute Gasteiger partial charge is 0.357 e. The molecule has 0 aliphatic carbocycles. The van der Waals surface area contributed by atoms with E-state index in [-0.39, 0.29) is 17.3 Å². The maximum atomic E-state index is 12.4. The Kier molecular flexibility index (Phi) is 4.37. The first-order valence-corrected chi connectivity index (χ1v) is 7.68. The van der Waals surface area contributed by atoms with Gasteiger partial charge in [0, 0.05) is 37.0 Å². The van der Waals surface area contributed by atoms with Crippen molar-refractivity contribution in [3.05, 3.63) is 52.0 Å². The predicted molar refractivity (Wildman–Crippen MR) is 89.3 cm³/mol. The van der Waals surface area contributed by atoms with E-state index in [4.69, 9.17) is 0 Å². The van der Waals surface area contributed by atoms with E-state index in [0.29, 0.717) is 11.3 Å². The molecule has 124 valence electrons. The van der Waals surface area contributed by atoms with Crippen molar-refractivity contribution in [1.29, 1.82) is 0 Å². The number of nitrogens with zero attached hydrogens (tertiary/aromatic N) is 4. The van der Waals surface area contributed by atoms with Gasteiger partial charge in [-0.3, -0.25) is 14.9 Å². The number of aryl methyl sites for hydroxylation is 1. The number of non-ortho nitro benzene ring substituents is 1. The lowest BCUT2D eigenvalue weighted by atomic mass is 10.1. The van der Waals surface area contributed by atoms with Crippen molar-refractivity contribution < 1.29 is 9.72 Å². The molecular formula is C16H17N5O3. The van der Waals surface area contributed by atoms with Gasteiger partial charge in [0.1, 0.15) is 17.8 Å². The summed E-state index contributed by atoms with van der Waals surface area (Å²) in [5.41, 5.74) is 1.40. The van der Waals surface area contributed by atoms with E-state index in [9.17, 15) is 14.9 Å². The minimum atomic E-state index is -0.467. The van der Waals surface area contributed by atoms with E-state index in [1.807, 2.05) is 0 Å². The van der Waals surface area contributed by atoms with Crippen LogP contribution < -0.4 is 10.2 Å². The molecule has 0 saturated carbocycles. The van der Waals surface area contributed by atoms with Gasteiger partial charge in [-0.15, -0.1) is 0 Å². The third kappa shape index (κ3) is 3.32. The molecule has 1 amide bonds. The lowest BCUT2D eigenvalue weighted by Gasteiger charge is -2.16. The molecule has 1 aliphatic rings. The average molecular weight is 327 g/mol. The number of carbonyl (C=O) groups is 1. The Hall–Kier alpha value is -3.03. The molecule has 1 N–H and O–H groups in total. The molecule has 0 atom stereocenters. The molecule has 2 heterocycles. The predicted octanol–water partition coefficient (Wildman–Crippen LogP) is 2.55. The molecule has 0 radical (unpaired) electrons. The molecule has 2 aromatic rings. The second-order valence-electron chi connectivity index (χ2n) is 5.67. The number of hydrogen-bond acceptors (Lipinski definition) is 6. The molecular weight excluding hydrogens is 310 g/mol. The molecule has 8 heteroatoms. The van der Waals surface area contributed by atoms with Crippen LogP contribution in [-0.2, 0) is 0 Å². The minimum absolute atomic E-state index is 0.0103. The number of aromatic nitrogens is 2. The van der Waals surface area contributed by atoms with E-state index >= 15 is 0 Å². The molecule has 0 unspecified atom stereocenters. The smallest absolute Gasteiger partial charge is 0.274 e. The van der Waals surface area contributed by atoms with Gasteiger partial charge in [0.15, 0.2) is 0 Å². The maximum Gasteiger partial charge on any atom is 0.274 e. The van der Waals surface area contributed by atoms with Crippen LogP contribution in [0, 0.1) is 17.0 Å². The Bertz CT molecular complexity index is 787. The summed E-state index contributed by atoms with van der Waals surface area (Å²) in [4.78, 5) is 33.1. The Morgan fingerprint density at radius 2 is 2.00 bits per heavy atom. The highest BCUT2D eigenvalue weighted by molar-refractivity contribution is 6.03. The fourth-order valence-corrected chi connectivity index (χ4v) is 2.68. The van der Waals surface area contributed by atoms with Gasteiger partial charge >= 0.3 is 0 Å². The summed E-state index contributed by atoms with van der Waals surface area (Å²) >= 11 is 0. The fraction of sp³-hybridized carbons (Fsp3) is 0.312. The molecule has 1 aromatic heterocycles. The summed E-state index contributed by atoms with van der Waals surface area (Å²) in [5.74, 6) is 0.378. The van der Waals surface area contributed by atoms with E-state index in [2.05, 4.69) is 20.2 Å². The molecule has 3 rings (SSSR count). The second kappa shape index (κ2) is 6.61. The Morgan fingerprint density at radius 1 is 1.25 bits per heavy atom. The molecule has 1 aliphatic heterocycles. The summed E-state index contributed by atoms with van der Waals surface area (Å²) in [7, 11) is 0. The topological polar surface area (TPSA) is 101 Å². The number of nitrogens with one attached hydrogen (secondary N) is 1. The van der Waals surface area contributed by atoms with Crippen LogP contribution in [-0.4, -0.2) is 33.9 Å². The van der Waals surface area contributed by atoms with Crippen molar-refractivity contribution in [2.24, 2.45) is 0 Å². The Balaban J connectivity index is 1.77. The molecule has 1 saturated heterocycles. The lowest BCUT2D eigenvalue weighted by Crippen LogP contribution is -2.21. The summed E-state index contributed by atoms with van der Waals surface area (Å²) in [6.07, 6.45) is 3.62. The third-order valence-corrected chi connectivity index (χ3v) is 3.98. The molecule has 0 bridgehead atoms. The van der Waals surface area contributed by atoms with Crippen molar-refractivity contribution in [2.75, 3.05) is 23.3 Å². The monoisotopic (exact) mass is 327 g/mol. The van der Waals surface area contributed by atoms with Crippen molar-refractivity contribution in [1.82, 2.24) is 9.97 Å². The van der Waals surface area contributed by atoms with Crippen LogP contribution in [0.2, 0.25) is 0 Å². The summed E-state index contributed by atoms with van der Waals surface area (Å²) in [5, 5.41) is 13.5. The Morgan fingerprint density at radius 3 is 2.67 bits per heavy atom. The highest BCUT2D eigenvalue weighted by atomic mass is 16.6. The van der Waals surface area contributed by atoms with Gasteiger partial charge in [0.2, 0.25) is 0 Å². The fourth-order valence-electron chi connectivity index (χ4n) is 2.68. The third-order valence-electron chi connectivity index (χ3n) is 3.98. The van der Waals surface area contributed by atoms with E-state index in [0.717, 1.165) is 31.7 Å². The van der Waals surface area contributed by atoms with Crippen LogP contribution in [0.5, 0.6) is 0 Å². The zero-order valence-corrected chi connectivity index (χ0v) is 13.2. The van der Waals surface area contributed by atoms with Gasteiger partial charge in [-0.05, 0) is 31.4 Å². The van der Waals surface area contributed by atoms with Gasteiger partial charge < -0.3 is 10.2 Å². The zero-order valence-electron chi connectivity index (χ0n) is 13.2. The van der Waals surface area contributed by atoms with Crippen LogP contribution in [0.1, 0.15) is 28.9 Å². The zero-order chi connectivity index (χ0) is 17.1. The normalized spacial score (nSPS) is 13.8. The van der Waals surface area contributed by atoms with E-state index in [1.165, 1.54) is 24.5 Å². The lowest BCUT2D eigenvalue weighted by molar-refractivity contribution is -0.384. The summed E-state index contributed by atoms with van der Waals surface area (Å²) in [6.45, 7) is 3.57. The highest BCUT2D eigenvalue weighted by Gasteiger charge is 2.17. The Labute approximate surface area is 138 Å². The van der Waals surface area contributed by atoms with E-state index < -0.39 is 4.92 Å². The first-order valence-electron chi connectivity index (χ1n) is 7.68. The number of amides is 1. The van der Waals surface area contributed by atoms with Crippen molar-refractivity contribution in [3.8, 4) is 0 Å². The molecule has 8 nitrogen and oxygen atoms in total. The molecule has 0 spiro atoms. The van der Waals surface area contributed by atoms with Gasteiger partial charge in [-0.2, -0.15) is 0 Å².